The van der Waals surface area contributed by atoms with Crippen LogP contribution in [0, 0.1) is 6.92 Å². The summed E-state index contributed by atoms with van der Waals surface area (Å²) in [6.07, 6.45) is 10.8. The molecule has 0 saturated carbocycles. The van der Waals surface area contributed by atoms with Crippen LogP contribution in [0.3, 0.4) is 0 Å². The van der Waals surface area contributed by atoms with Crippen LogP contribution in [-0.4, -0.2) is 46.2 Å². The van der Waals surface area contributed by atoms with Crippen LogP contribution in [0.4, 0.5) is 17.2 Å². The lowest BCUT2D eigenvalue weighted by Crippen LogP contribution is -2.32. The van der Waals surface area contributed by atoms with Crippen LogP contribution in [-0.2, 0) is 4.79 Å². The van der Waals surface area contributed by atoms with E-state index < -0.39 is 0 Å². The first-order chi connectivity index (χ1) is 16.5. The van der Waals surface area contributed by atoms with Crippen molar-refractivity contribution in [3.05, 3.63) is 84.9 Å². The van der Waals surface area contributed by atoms with Gasteiger partial charge in [-0.2, -0.15) is 0 Å². The Kier molecular flexibility index (Phi) is 5.55. The van der Waals surface area contributed by atoms with Crippen LogP contribution in [0.15, 0.2) is 84.4 Å². The Morgan fingerprint density at radius 3 is 2.85 bits per heavy atom. The molecule has 0 fully saturated rings. The summed E-state index contributed by atoms with van der Waals surface area (Å²) in [6, 6.07) is 11.7. The molecule has 2 aromatic carbocycles. The van der Waals surface area contributed by atoms with Gasteiger partial charge in [0.15, 0.2) is 0 Å². The number of nitrogens with one attached hydrogen (secondary N) is 2. The number of ether oxygens (including phenoxy) is 1. The van der Waals surface area contributed by atoms with Gasteiger partial charge in [-0.25, -0.2) is 9.97 Å². The number of likely N-dealkylation sites (N-methyl/N-ethyl adjacent to an activating group) is 1. The number of fused-ring (bicyclic) bond motifs is 2. The zero-order valence-corrected chi connectivity index (χ0v) is 18.9. The van der Waals surface area contributed by atoms with Gasteiger partial charge in [-0.15, -0.1) is 0 Å². The summed E-state index contributed by atoms with van der Waals surface area (Å²) in [6.45, 7) is 5.49. The van der Waals surface area contributed by atoms with Crippen molar-refractivity contribution in [2.45, 2.75) is 19.0 Å². The third-order valence-corrected chi connectivity index (χ3v) is 5.79. The summed E-state index contributed by atoms with van der Waals surface area (Å²) in [5.41, 5.74) is 3.25. The summed E-state index contributed by atoms with van der Waals surface area (Å²) in [4.78, 5) is 27.0. The first-order valence-corrected chi connectivity index (χ1v) is 10.9. The van der Waals surface area contributed by atoms with Gasteiger partial charge in [-0.1, -0.05) is 12.7 Å². The molecule has 1 amide bonds. The SMILES string of the molecule is C=CC(=O)Nc1ccc2ncnc(Nc3ccc(OC4=CC5N=CN(C)C5C=C4)c(C)c3)c2c1. The zero-order chi connectivity index (χ0) is 23.7. The van der Waals surface area contributed by atoms with E-state index in [1.807, 2.05) is 62.8 Å². The fourth-order valence-corrected chi connectivity index (χ4v) is 4.00. The van der Waals surface area contributed by atoms with Crippen LogP contribution in [0.1, 0.15) is 5.56 Å². The Hall–Kier alpha value is -4.46. The number of aromatic nitrogens is 2. The van der Waals surface area contributed by atoms with E-state index >= 15 is 0 Å². The average Bonchev–Trinajstić information content (AvgIpc) is 3.21. The molecule has 0 spiro atoms. The van der Waals surface area contributed by atoms with E-state index in [2.05, 4.69) is 43.1 Å². The minimum atomic E-state index is -0.276. The second kappa shape index (κ2) is 8.82. The number of rotatable bonds is 6. The molecule has 5 rings (SSSR count). The second-order valence-electron chi connectivity index (χ2n) is 8.19. The van der Waals surface area contributed by atoms with Gasteiger partial charge in [0.25, 0.3) is 0 Å². The molecular formula is C26H24N6O2. The predicted octanol–water partition coefficient (Wildman–Crippen LogP) is 4.35. The van der Waals surface area contributed by atoms with Gasteiger partial charge in [-0.3, -0.25) is 9.79 Å². The highest BCUT2D eigenvalue weighted by atomic mass is 16.5. The van der Waals surface area contributed by atoms with Crippen molar-refractivity contribution in [2.75, 3.05) is 17.7 Å². The maximum Gasteiger partial charge on any atom is 0.247 e. The lowest BCUT2D eigenvalue weighted by molar-refractivity contribution is -0.111. The second-order valence-corrected chi connectivity index (χ2v) is 8.19. The quantitative estimate of drug-likeness (QED) is 0.541. The van der Waals surface area contributed by atoms with Crippen molar-refractivity contribution in [3.63, 3.8) is 0 Å². The number of nitrogens with zero attached hydrogens (tertiary/aromatic N) is 4. The Morgan fingerprint density at radius 1 is 1.18 bits per heavy atom. The summed E-state index contributed by atoms with van der Waals surface area (Å²) in [5, 5.41) is 6.91. The number of hydrogen-bond acceptors (Lipinski definition) is 7. The normalized spacial score (nSPS) is 18.4. The Labute approximate surface area is 197 Å². The molecule has 1 aliphatic carbocycles. The fraction of sp³-hybridized carbons (Fsp3) is 0.154. The minimum Gasteiger partial charge on any atom is -0.457 e. The van der Waals surface area contributed by atoms with E-state index in [9.17, 15) is 4.79 Å². The fourth-order valence-electron chi connectivity index (χ4n) is 4.00. The zero-order valence-electron chi connectivity index (χ0n) is 18.9. The van der Waals surface area contributed by atoms with Crippen molar-refractivity contribution in [1.29, 1.82) is 0 Å². The molecule has 34 heavy (non-hydrogen) atoms. The van der Waals surface area contributed by atoms with Crippen LogP contribution in [0.2, 0.25) is 0 Å². The lowest BCUT2D eigenvalue weighted by Gasteiger charge is -2.23. The van der Waals surface area contributed by atoms with Gasteiger partial charge in [0.1, 0.15) is 23.7 Å². The minimum absolute atomic E-state index is 0.0819. The molecule has 2 N–H and O–H groups in total. The highest BCUT2D eigenvalue weighted by Crippen LogP contribution is 2.30. The third kappa shape index (κ3) is 4.25. The molecule has 8 heteroatoms. The molecule has 0 radical (unpaired) electrons. The number of allylic oxidation sites excluding steroid dienone is 1. The van der Waals surface area contributed by atoms with Crippen molar-refractivity contribution in [2.24, 2.45) is 4.99 Å². The molecule has 170 valence electrons. The standard InChI is InChI=1S/C26H24N6O2/c1-4-25(33)30-18-5-8-21-20(12-18)26(28-14-27-21)31-17-6-10-24(16(2)11-17)34-19-7-9-23-22(13-19)29-15-32(23)3/h4-15,22-23H,1H2,2-3H3,(H,30,33)(H,27,28,31). The lowest BCUT2D eigenvalue weighted by atomic mass is 10.0. The number of benzene rings is 2. The highest BCUT2D eigenvalue weighted by molar-refractivity contribution is 6.01. The number of aliphatic imine (C=N–C) groups is 1. The Morgan fingerprint density at radius 2 is 2.03 bits per heavy atom. The van der Waals surface area contributed by atoms with Gasteiger partial charge in [0, 0.05) is 23.8 Å². The first kappa shape index (κ1) is 21.4. The Bertz CT molecular complexity index is 1380. The van der Waals surface area contributed by atoms with Gasteiger partial charge >= 0.3 is 0 Å². The topological polar surface area (TPSA) is 91.7 Å². The van der Waals surface area contributed by atoms with Crippen molar-refractivity contribution >= 4 is 40.3 Å². The van der Waals surface area contributed by atoms with E-state index in [0.717, 1.165) is 33.7 Å². The molecule has 0 saturated heterocycles. The molecular weight excluding hydrogens is 428 g/mol. The maximum atomic E-state index is 11.7. The van der Waals surface area contributed by atoms with Crippen LogP contribution in [0.25, 0.3) is 10.9 Å². The predicted molar refractivity (Wildman–Crippen MR) is 135 cm³/mol. The van der Waals surface area contributed by atoms with Crippen LogP contribution in [0.5, 0.6) is 5.75 Å². The average molecular weight is 453 g/mol. The van der Waals surface area contributed by atoms with Gasteiger partial charge < -0.3 is 20.3 Å². The number of anilines is 3. The molecule has 2 unspecified atom stereocenters. The number of hydrogen-bond donors (Lipinski definition) is 2. The van der Waals surface area contributed by atoms with Crippen LogP contribution < -0.4 is 15.4 Å². The largest absolute Gasteiger partial charge is 0.457 e. The molecule has 2 atom stereocenters. The maximum absolute atomic E-state index is 11.7. The molecule has 2 heterocycles. The van der Waals surface area contributed by atoms with E-state index in [1.54, 1.807) is 6.07 Å². The first-order valence-electron chi connectivity index (χ1n) is 10.9. The van der Waals surface area contributed by atoms with E-state index in [4.69, 9.17) is 4.74 Å². The molecule has 8 nitrogen and oxygen atoms in total. The summed E-state index contributed by atoms with van der Waals surface area (Å²) in [5.74, 6) is 1.92. The molecule has 1 aromatic heterocycles. The van der Waals surface area contributed by atoms with Crippen molar-refractivity contribution in [3.8, 4) is 5.75 Å². The van der Waals surface area contributed by atoms with Crippen LogP contribution >= 0.6 is 0 Å². The summed E-state index contributed by atoms with van der Waals surface area (Å²) in [7, 11) is 2.02. The summed E-state index contributed by atoms with van der Waals surface area (Å²) < 4.78 is 6.15. The smallest absolute Gasteiger partial charge is 0.247 e. The monoisotopic (exact) mass is 452 g/mol. The van der Waals surface area contributed by atoms with E-state index in [-0.39, 0.29) is 18.0 Å². The third-order valence-electron chi connectivity index (χ3n) is 5.79. The van der Waals surface area contributed by atoms with E-state index in [1.165, 1.54) is 12.4 Å². The number of carbonyl (C=O) groups excluding carboxylic acids is 1. The van der Waals surface area contributed by atoms with Gasteiger partial charge in [-0.05, 0) is 67.1 Å². The van der Waals surface area contributed by atoms with E-state index in [0.29, 0.717) is 11.5 Å². The summed E-state index contributed by atoms with van der Waals surface area (Å²) >= 11 is 0. The molecule has 2 aliphatic rings. The van der Waals surface area contributed by atoms with Crippen molar-refractivity contribution in [1.82, 2.24) is 14.9 Å². The number of amides is 1. The molecule has 3 aromatic rings. The Balaban J connectivity index is 1.35. The number of carbonyl (C=O) groups is 1. The van der Waals surface area contributed by atoms with Gasteiger partial charge in [0.05, 0.1) is 23.9 Å². The highest BCUT2D eigenvalue weighted by Gasteiger charge is 2.27. The van der Waals surface area contributed by atoms with Crippen molar-refractivity contribution < 1.29 is 9.53 Å². The molecule has 0 bridgehead atoms. The molecule has 1 aliphatic heterocycles. The number of aryl methyl sites for hydroxylation is 1. The van der Waals surface area contributed by atoms with Gasteiger partial charge in [0.2, 0.25) is 5.91 Å².